The van der Waals surface area contributed by atoms with Crippen LogP contribution in [0.1, 0.15) is 55.0 Å². The number of rotatable bonds is 5. The Bertz CT molecular complexity index is 1780. The predicted molar refractivity (Wildman–Crippen MR) is 159 cm³/mol. The number of carbonyl (C=O) groups is 3. The second-order valence-electron chi connectivity index (χ2n) is 10.8. The van der Waals surface area contributed by atoms with Crippen LogP contribution in [-0.2, 0) is 0 Å². The maximum Gasteiger partial charge on any atom is 0.185 e. The topological polar surface area (TPSA) is 63.7 Å². The number of anilines is 1. The Morgan fingerprint density at radius 2 is 1.60 bits per heavy atom. The molecule has 0 bridgehead atoms. The highest BCUT2D eigenvalue weighted by Gasteiger charge is 2.71. The van der Waals surface area contributed by atoms with Gasteiger partial charge in [0.15, 0.2) is 17.3 Å². The molecule has 3 aliphatic rings. The third-order valence-corrected chi connectivity index (χ3v) is 8.97. The van der Waals surface area contributed by atoms with E-state index in [0.717, 1.165) is 0 Å². The van der Waals surface area contributed by atoms with Crippen LogP contribution in [0.4, 0.5) is 10.1 Å². The van der Waals surface area contributed by atoms with Gasteiger partial charge in [0.1, 0.15) is 23.0 Å². The molecule has 7 heteroatoms. The van der Waals surface area contributed by atoms with Crippen molar-refractivity contribution in [1.82, 2.24) is 0 Å². The van der Waals surface area contributed by atoms with Crippen molar-refractivity contribution in [2.45, 2.75) is 24.9 Å². The van der Waals surface area contributed by atoms with E-state index in [9.17, 15) is 18.8 Å². The number of para-hydroxylation sites is 1. The standard InChI is InChI=1S/C35H25ClFNO4/c1-2-42-28-10-6-5-9-26(28)30-31(32(39)20-11-14-22(36)15-12-20)38-27-17-16-23(37)19-21(27)13-18-29(38)35(30)33(40)24-7-3-4-8-25(24)34(35)41/h3-19,29-31H,2H2,1H3/t29-,30+,31-/m1/s1. The van der Waals surface area contributed by atoms with Crippen LogP contribution in [0, 0.1) is 11.2 Å². The first kappa shape index (κ1) is 26.4. The average Bonchev–Trinajstić information content (AvgIpc) is 3.43. The number of hydrogen-bond acceptors (Lipinski definition) is 5. The van der Waals surface area contributed by atoms with Crippen molar-refractivity contribution < 1.29 is 23.5 Å². The van der Waals surface area contributed by atoms with Crippen LogP contribution >= 0.6 is 11.6 Å². The predicted octanol–water partition coefficient (Wildman–Crippen LogP) is 7.19. The first-order chi connectivity index (χ1) is 20.4. The maximum atomic E-state index is 14.7. The van der Waals surface area contributed by atoms with Crippen molar-refractivity contribution in [2.24, 2.45) is 5.41 Å². The molecule has 0 N–H and O–H groups in total. The molecule has 42 heavy (non-hydrogen) atoms. The minimum Gasteiger partial charge on any atom is -0.494 e. The lowest BCUT2D eigenvalue weighted by Gasteiger charge is -2.37. The van der Waals surface area contributed by atoms with Gasteiger partial charge in [0.25, 0.3) is 0 Å². The number of fused-ring (bicyclic) bond motifs is 5. The second-order valence-corrected chi connectivity index (χ2v) is 11.2. The third kappa shape index (κ3) is 3.58. The normalized spacial score (nSPS) is 21.3. The number of ether oxygens (including phenoxy) is 1. The van der Waals surface area contributed by atoms with Crippen LogP contribution in [0.5, 0.6) is 5.75 Å². The molecule has 2 aliphatic heterocycles. The lowest BCUT2D eigenvalue weighted by Crippen LogP contribution is -2.48. The van der Waals surface area contributed by atoms with Gasteiger partial charge in [-0.05, 0) is 55.5 Å². The molecule has 7 rings (SSSR count). The lowest BCUT2D eigenvalue weighted by atomic mass is 9.64. The fourth-order valence-corrected chi connectivity index (χ4v) is 7.23. The Morgan fingerprint density at radius 1 is 0.929 bits per heavy atom. The molecule has 4 aromatic rings. The number of halogens is 2. The zero-order valence-electron chi connectivity index (χ0n) is 22.6. The third-order valence-electron chi connectivity index (χ3n) is 8.72. The Morgan fingerprint density at radius 3 is 2.29 bits per heavy atom. The summed E-state index contributed by atoms with van der Waals surface area (Å²) in [7, 11) is 0. The Balaban J connectivity index is 1.56. The molecule has 1 spiro atoms. The van der Waals surface area contributed by atoms with E-state index in [4.69, 9.17) is 16.3 Å². The van der Waals surface area contributed by atoms with Crippen molar-refractivity contribution in [3.05, 3.63) is 136 Å². The number of Topliss-reactive ketones (excluding diaryl/α,β-unsaturated/α-hetero) is 3. The van der Waals surface area contributed by atoms with Crippen LogP contribution in [0.25, 0.3) is 6.08 Å². The largest absolute Gasteiger partial charge is 0.494 e. The molecular formula is C35H25ClFNO4. The van der Waals surface area contributed by atoms with Gasteiger partial charge in [0, 0.05) is 44.4 Å². The van der Waals surface area contributed by atoms with Crippen LogP contribution < -0.4 is 9.64 Å². The molecule has 0 amide bonds. The summed E-state index contributed by atoms with van der Waals surface area (Å²) in [6.07, 6.45) is 3.51. The second kappa shape index (κ2) is 9.78. The summed E-state index contributed by atoms with van der Waals surface area (Å²) in [6, 6.07) is 23.2. The summed E-state index contributed by atoms with van der Waals surface area (Å²) in [5, 5.41) is 0.476. The van der Waals surface area contributed by atoms with E-state index in [0.29, 0.717) is 50.9 Å². The van der Waals surface area contributed by atoms with Crippen molar-refractivity contribution in [2.75, 3.05) is 11.5 Å². The van der Waals surface area contributed by atoms with Gasteiger partial charge in [-0.2, -0.15) is 0 Å². The van der Waals surface area contributed by atoms with Crippen LogP contribution in [0.2, 0.25) is 5.02 Å². The van der Waals surface area contributed by atoms with Crippen LogP contribution in [0.15, 0.2) is 97.1 Å². The van der Waals surface area contributed by atoms with Gasteiger partial charge >= 0.3 is 0 Å². The minimum atomic E-state index is -1.67. The number of hydrogen-bond donors (Lipinski definition) is 0. The Kier molecular flexibility index (Phi) is 6.13. The first-order valence-corrected chi connectivity index (χ1v) is 14.2. The van der Waals surface area contributed by atoms with Gasteiger partial charge < -0.3 is 9.64 Å². The fraction of sp³-hybridized carbons (Fsp3) is 0.171. The Labute approximate surface area is 247 Å². The summed E-state index contributed by atoms with van der Waals surface area (Å²) >= 11 is 6.16. The van der Waals surface area contributed by atoms with Crippen molar-refractivity contribution in [1.29, 1.82) is 0 Å². The highest BCUT2D eigenvalue weighted by atomic mass is 35.5. The molecule has 0 radical (unpaired) electrons. The van der Waals surface area contributed by atoms with Gasteiger partial charge in [-0.1, -0.05) is 66.2 Å². The monoisotopic (exact) mass is 577 g/mol. The number of benzene rings is 4. The number of carbonyl (C=O) groups excluding carboxylic acids is 3. The van der Waals surface area contributed by atoms with Crippen LogP contribution in [-0.4, -0.2) is 36.0 Å². The molecule has 1 aliphatic carbocycles. The van der Waals surface area contributed by atoms with Crippen molar-refractivity contribution >= 4 is 40.7 Å². The molecule has 1 saturated heterocycles. The number of nitrogens with zero attached hydrogens (tertiary/aromatic N) is 1. The zero-order chi connectivity index (χ0) is 29.2. The highest BCUT2D eigenvalue weighted by molar-refractivity contribution is 6.32. The van der Waals surface area contributed by atoms with Crippen molar-refractivity contribution in [3.63, 3.8) is 0 Å². The molecule has 2 heterocycles. The van der Waals surface area contributed by atoms with Crippen LogP contribution in [0.3, 0.4) is 0 Å². The van der Waals surface area contributed by atoms with Gasteiger partial charge in [-0.25, -0.2) is 4.39 Å². The van der Waals surface area contributed by atoms with Gasteiger partial charge in [-0.3, -0.25) is 14.4 Å². The molecule has 0 aromatic heterocycles. The van der Waals surface area contributed by atoms with Gasteiger partial charge in [0.2, 0.25) is 0 Å². The average molecular weight is 578 g/mol. The zero-order valence-corrected chi connectivity index (χ0v) is 23.3. The molecule has 208 valence electrons. The van der Waals surface area contributed by atoms with E-state index in [1.165, 1.54) is 12.1 Å². The summed E-state index contributed by atoms with van der Waals surface area (Å²) < 4.78 is 20.5. The van der Waals surface area contributed by atoms with E-state index >= 15 is 0 Å². The highest BCUT2D eigenvalue weighted by Crippen LogP contribution is 2.62. The molecule has 3 atom stereocenters. The van der Waals surface area contributed by atoms with E-state index in [-0.39, 0.29) is 17.3 Å². The fourth-order valence-electron chi connectivity index (χ4n) is 7.10. The SMILES string of the molecule is CCOc1ccccc1[C@H]1[C@H](C(=O)c2ccc(Cl)cc2)N2c3ccc(F)cc3C=C[C@@H]2C12C(=O)c1ccccc1C2=O. The van der Waals surface area contributed by atoms with Gasteiger partial charge in [0.05, 0.1) is 12.6 Å². The summed E-state index contributed by atoms with van der Waals surface area (Å²) in [5.41, 5.74) is 1.10. The summed E-state index contributed by atoms with van der Waals surface area (Å²) in [5.74, 6) is -1.82. The molecule has 5 nitrogen and oxygen atoms in total. The summed E-state index contributed by atoms with van der Waals surface area (Å²) in [4.78, 5) is 46.1. The van der Waals surface area contributed by atoms with E-state index in [1.54, 1.807) is 72.8 Å². The van der Waals surface area contributed by atoms with Crippen molar-refractivity contribution in [3.8, 4) is 5.75 Å². The first-order valence-electron chi connectivity index (χ1n) is 13.8. The van der Waals surface area contributed by atoms with E-state index in [2.05, 4.69) is 0 Å². The molecule has 0 saturated carbocycles. The smallest absolute Gasteiger partial charge is 0.185 e. The van der Waals surface area contributed by atoms with Gasteiger partial charge in [-0.15, -0.1) is 0 Å². The molecule has 1 fully saturated rings. The molecule has 0 unspecified atom stereocenters. The maximum absolute atomic E-state index is 14.7. The van der Waals surface area contributed by atoms with E-state index in [1.807, 2.05) is 30.0 Å². The molecular weight excluding hydrogens is 553 g/mol. The lowest BCUT2D eigenvalue weighted by molar-refractivity contribution is 0.0664. The molecule has 4 aromatic carbocycles. The summed E-state index contributed by atoms with van der Waals surface area (Å²) in [6.45, 7) is 2.21. The van der Waals surface area contributed by atoms with E-state index < -0.39 is 29.2 Å². The number of ketones is 3. The Hall–Kier alpha value is -4.55. The minimum absolute atomic E-state index is 0.285. The quantitative estimate of drug-likeness (QED) is 0.185.